The summed E-state index contributed by atoms with van der Waals surface area (Å²) in [6.45, 7) is 1.51. The fraction of sp³-hybridized carbons (Fsp3) is 0.316. The summed E-state index contributed by atoms with van der Waals surface area (Å²) in [6, 6.07) is 8.12. The number of rotatable bonds is 3. The van der Waals surface area contributed by atoms with Crippen molar-refractivity contribution in [3.05, 3.63) is 54.2 Å². The molecular formula is C19H17FN2O5. The second-order valence-corrected chi connectivity index (χ2v) is 6.80. The molecule has 8 heteroatoms. The minimum atomic E-state index is -1.45. The lowest BCUT2D eigenvalue weighted by Gasteiger charge is -2.28. The normalized spacial score (nSPS) is 29.9. The monoisotopic (exact) mass is 372 g/mol. The Bertz CT molecular complexity index is 928. The molecule has 0 unspecified atom stereocenters. The molecule has 2 aromatic rings. The highest BCUT2D eigenvalue weighted by Gasteiger charge is 2.67. The number of nitrogens with one attached hydrogen (secondary N) is 1. The summed E-state index contributed by atoms with van der Waals surface area (Å²) in [5, 5.41) is 3.04. The minimum Gasteiger partial charge on any atom is -0.468 e. The van der Waals surface area contributed by atoms with Gasteiger partial charge >= 0.3 is 5.97 Å². The molecule has 1 aromatic carbocycles. The third-order valence-corrected chi connectivity index (χ3v) is 5.34. The number of anilines is 1. The van der Waals surface area contributed by atoms with Crippen molar-refractivity contribution in [3.63, 3.8) is 0 Å². The Hall–Kier alpha value is -3.00. The summed E-state index contributed by atoms with van der Waals surface area (Å²) in [7, 11) is 1.21. The van der Waals surface area contributed by atoms with Gasteiger partial charge in [-0.2, -0.15) is 0 Å². The molecule has 4 atom stereocenters. The summed E-state index contributed by atoms with van der Waals surface area (Å²) in [6.07, 6.45) is 1.44. The van der Waals surface area contributed by atoms with Crippen molar-refractivity contribution >= 4 is 23.5 Å². The van der Waals surface area contributed by atoms with Gasteiger partial charge in [-0.15, -0.1) is 0 Å². The third kappa shape index (κ3) is 2.33. The first-order valence-corrected chi connectivity index (χ1v) is 8.42. The Morgan fingerprint density at radius 1 is 1.22 bits per heavy atom. The zero-order valence-electron chi connectivity index (χ0n) is 14.6. The molecule has 2 aliphatic heterocycles. The number of para-hydroxylation sites is 1. The molecule has 1 aromatic heterocycles. The predicted octanol–water partition coefficient (Wildman–Crippen LogP) is 1.80. The van der Waals surface area contributed by atoms with Crippen LogP contribution in [0.5, 0.6) is 0 Å². The molecule has 1 N–H and O–H groups in total. The van der Waals surface area contributed by atoms with E-state index in [4.69, 9.17) is 9.15 Å². The van der Waals surface area contributed by atoms with Gasteiger partial charge in [-0.3, -0.25) is 19.7 Å². The molecular weight excluding hydrogens is 355 g/mol. The lowest BCUT2D eigenvalue weighted by Crippen LogP contribution is -2.54. The Morgan fingerprint density at radius 3 is 2.59 bits per heavy atom. The van der Waals surface area contributed by atoms with Gasteiger partial charge in [0.15, 0.2) is 0 Å². The average molecular weight is 372 g/mol. The van der Waals surface area contributed by atoms with Crippen LogP contribution in [0.3, 0.4) is 0 Å². The number of methoxy groups -OCH3 is 1. The molecule has 4 rings (SSSR count). The number of ether oxygens (including phenoxy) is 1. The summed E-state index contributed by atoms with van der Waals surface area (Å²) < 4.78 is 24.6. The van der Waals surface area contributed by atoms with Gasteiger partial charge in [-0.1, -0.05) is 12.1 Å². The second-order valence-electron chi connectivity index (χ2n) is 6.80. The molecule has 0 aliphatic carbocycles. The van der Waals surface area contributed by atoms with E-state index in [2.05, 4.69) is 5.32 Å². The second kappa shape index (κ2) is 6.02. The number of carbonyl (C=O) groups is 3. The number of esters is 1. The van der Waals surface area contributed by atoms with Crippen molar-refractivity contribution in [2.45, 2.75) is 18.5 Å². The van der Waals surface area contributed by atoms with Crippen molar-refractivity contribution in [2.75, 3.05) is 12.0 Å². The maximum absolute atomic E-state index is 14.3. The number of hydrogen-bond donors (Lipinski definition) is 1. The highest BCUT2D eigenvalue weighted by atomic mass is 19.1. The Labute approximate surface area is 154 Å². The number of hydrogen-bond acceptors (Lipinski definition) is 6. The van der Waals surface area contributed by atoms with E-state index in [9.17, 15) is 18.8 Å². The molecule has 2 saturated heterocycles. The van der Waals surface area contributed by atoms with Gasteiger partial charge in [0, 0.05) is 0 Å². The zero-order valence-corrected chi connectivity index (χ0v) is 14.6. The van der Waals surface area contributed by atoms with E-state index in [1.165, 1.54) is 44.6 Å². The van der Waals surface area contributed by atoms with E-state index in [1.54, 1.807) is 12.1 Å². The van der Waals surface area contributed by atoms with E-state index >= 15 is 0 Å². The quantitative estimate of drug-likeness (QED) is 0.653. The number of imide groups is 1. The van der Waals surface area contributed by atoms with Crippen LogP contribution in [0.1, 0.15) is 18.7 Å². The first-order chi connectivity index (χ1) is 12.9. The average Bonchev–Trinajstić information content (AvgIpc) is 3.34. The molecule has 140 valence electrons. The summed E-state index contributed by atoms with van der Waals surface area (Å²) in [5.41, 5.74) is -1.59. The zero-order chi connectivity index (χ0) is 19.3. The molecule has 2 aliphatic rings. The van der Waals surface area contributed by atoms with Crippen LogP contribution in [0.4, 0.5) is 10.1 Å². The molecule has 0 saturated carbocycles. The van der Waals surface area contributed by atoms with Gasteiger partial charge in [0.2, 0.25) is 11.8 Å². The molecule has 2 fully saturated rings. The topological polar surface area (TPSA) is 88.8 Å². The highest BCUT2D eigenvalue weighted by Crippen LogP contribution is 2.50. The fourth-order valence-electron chi connectivity index (χ4n) is 4.12. The number of benzene rings is 1. The third-order valence-electron chi connectivity index (χ3n) is 5.34. The molecule has 0 radical (unpaired) electrons. The summed E-state index contributed by atoms with van der Waals surface area (Å²) >= 11 is 0. The summed E-state index contributed by atoms with van der Waals surface area (Å²) in [5.74, 6) is -4.17. The molecule has 27 heavy (non-hydrogen) atoms. The van der Waals surface area contributed by atoms with Crippen molar-refractivity contribution < 1.29 is 27.9 Å². The van der Waals surface area contributed by atoms with Crippen LogP contribution in [0.25, 0.3) is 0 Å². The Kier molecular flexibility index (Phi) is 3.88. The molecule has 3 heterocycles. The number of nitrogens with zero attached hydrogens (tertiary/aromatic N) is 1. The number of halogens is 1. The van der Waals surface area contributed by atoms with Crippen molar-refractivity contribution in [3.8, 4) is 0 Å². The van der Waals surface area contributed by atoms with Crippen LogP contribution in [0.15, 0.2) is 47.1 Å². The molecule has 2 amide bonds. The van der Waals surface area contributed by atoms with Gasteiger partial charge in [0.25, 0.3) is 0 Å². The van der Waals surface area contributed by atoms with Crippen LogP contribution < -0.4 is 10.2 Å². The largest absolute Gasteiger partial charge is 0.468 e. The van der Waals surface area contributed by atoms with Crippen molar-refractivity contribution in [2.24, 2.45) is 11.8 Å². The van der Waals surface area contributed by atoms with E-state index in [-0.39, 0.29) is 5.69 Å². The van der Waals surface area contributed by atoms with Gasteiger partial charge in [-0.25, -0.2) is 9.29 Å². The van der Waals surface area contributed by atoms with Crippen molar-refractivity contribution in [1.29, 1.82) is 0 Å². The van der Waals surface area contributed by atoms with Gasteiger partial charge in [0.05, 0.1) is 36.9 Å². The van der Waals surface area contributed by atoms with Crippen LogP contribution in [-0.4, -0.2) is 30.4 Å². The number of amides is 2. The van der Waals surface area contributed by atoms with Crippen LogP contribution >= 0.6 is 0 Å². The smallest absolute Gasteiger partial charge is 0.326 e. The molecule has 0 spiro atoms. The van der Waals surface area contributed by atoms with Gasteiger partial charge in [-0.05, 0) is 31.2 Å². The first kappa shape index (κ1) is 17.4. The number of furan rings is 1. The van der Waals surface area contributed by atoms with Gasteiger partial charge < -0.3 is 9.15 Å². The van der Waals surface area contributed by atoms with E-state index in [1.807, 2.05) is 0 Å². The summed E-state index contributed by atoms with van der Waals surface area (Å²) in [4.78, 5) is 39.6. The van der Waals surface area contributed by atoms with Gasteiger partial charge in [0.1, 0.15) is 17.1 Å². The standard InChI is InChI=1S/C19H17FN2O5/c1-19(18(25)26-2)14-13(15(21-19)12-8-5-9-27-12)16(23)22(17(14)24)11-7-4-3-6-10(11)20/h3-9,13-15,21H,1-2H3/t13-,14-,15+,19+/m0/s1. The highest BCUT2D eigenvalue weighted by molar-refractivity contribution is 6.24. The lowest BCUT2D eigenvalue weighted by atomic mass is 9.81. The Balaban J connectivity index is 1.84. The fourth-order valence-corrected chi connectivity index (χ4v) is 4.12. The van der Waals surface area contributed by atoms with E-state index in [0.717, 1.165) is 4.90 Å². The van der Waals surface area contributed by atoms with Crippen LogP contribution in [0, 0.1) is 17.7 Å². The minimum absolute atomic E-state index is 0.132. The predicted molar refractivity (Wildman–Crippen MR) is 90.9 cm³/mol. The van der Waals surface area contributed by atoms with E-state index < -0.39 is 47.0 Å². The maximum atomic E-state index is 14.3. The number of carbonyl (C=O) groups excluding carboxylic acids is 3. The van der Waals surface area contributed by atoms with E-state index in [0.29, 0.717) is 5.76 Å². The Morgan fingerprint density at radius 2 is 1.96 bits per heavy atom. The van der Waals surface area contributed by atoms with Crippen LogP contribution in [0.2, 0.25) is 0 Å². The SMILES string of the molecule is COC(=O)[C@]1(C)N[C@H](c2ccco2)[C@H]2C(=O)N(c3ccccc3F)C(=O)[C@H]21. The van der Waals surface area contributed by atoms with Crippen LogP contribution in [-0.2, 0) is 19.1 Å². The maximum Gasteiger partial charge on any atom is 0.326 e. The molecule has 7 nitrogen and oxygen atoms in total. The first-order valence-electron chi connectivity index (χ1n) is 8.42. The molecule has 0 bridgehead atoms. The van der Waals surface area contributed by atoms with Crippen molar-refractivity contribution in [1.82, 2.24) is 5.32 Å². The number of fused-ring (bicyclic) bond motifs is 1. The lowest BCUT2D eigenvalue weighted by molar-refractivity contribution is -0.151.